The Labute approximate surface area is 118 Å². The van der Waals surface area contributed by atoms with Gasteiger partial charge in [-0.25, -0.2) is 9.69 Å². The Bertz CT molecular complexity index is 500. The van der Waals surface area contributed by atoms with Crippen LogP contribution in [0.2, 0.25) is 0 Å². The van der Waals surface area contributed by atoms with E-state index in [4.69, 9.17) is 4.74 Å². The predicted octanol–water partition coefficient (Wildman–Crippen LogP) is 2.11. The van der Waals surface area contributed by atoms with Crippen LogP contribution in [0.4, 0.5) is 4.79 Å². The highest BCUT2D eigenvalue weighted by Gasteiger charge is 2.44. The van der Waals surface area contributed by atoms with E-state index in [1.165, 1.54) is 6.92 Å². The molecule has 0 bridgehead atoms. The number of hydrogen-bond acceptors (Lipinski definition) is 4. The highest BCUT2D eigenvalue weighted by Crippen LogP contribution is 2.33. The second-order valence-electron chi connectivity index (χ2n) is 5.19. The smallest absolute Gasteiger partial charge is 0.417 e. The fourth-order valence-electron chi connectivity index (χ4n) is 2.27. The van der Waals surface area contributed by atoms with Crippen molar-refractivity contribution in [3.8, 4) is 0 Å². The van der Waals surface area contributed by atoms with Gasteiger partial charge in [0.25, 0.3) is 0 Å². The van der Waals surface area contributed by atoms with E-state index in [2.05, 4.69) is 0 Å². The second-order valence-corrected chi connectivity index (χ2v) is 5.19. The molecule has 2 rings (SSSR count). The molecule has 4 atom stereocenters. The summed E-state index contributed by atoms with van der Waals surface area (Å²) in [6.45, 7) is 4.90. The number of rotatable bonds is 3. The molecule has 20 heavy (non-hydrogen) atoms. The van der Waals surface area contributed by atoms with E-state index < -0.39 is 36.2 Å². The molecule has 0 radical (unpaired) electrons. The van der Waals surface area contributed by atoms with Gasteiger partial charge < -0.3 is 9.84 Å². The summed E-state index contributed by atoms with van der Waals surface area (Å²) in [5, 5.41) is 9.51. The molecule has 0 aromatic heterocycles. The van der Waals surface area contributed by atoms with Crippen LogP contribution in [0.15, 0.2) is 30.3 Å². The molecular formula is C15H19NO4. The molecule has 0 spiro atoms. The van der Waals surface area contributed by atoms with Crippen LogP contribution < -0.4 is 0 Å². The van der Waals surface area contributed by atoms with E-state index in [1.807, 2.05) is 30.3 Å². The number of benzene rings is 1. The molecule has 1 aliphatic heterocycles. The van der Waals surface area contributed by atoms with Crippen LogP contribution in [0.5, 0.6) is 0 Å². The molecule has 0 aliphatic carbocycles. The van der Waals surface area contributed by atoms with Crippen molar-refractivity contribution in [2.45, 2.75) is 39.0 Å². The first-order chi connectivity index (χ1) is 9.43. The summed E-state index contributed by atoms with van der Waals surface area (Å²) >= 11 is 0. The van der Waals surface area contributed by atoms with Crippen LogP contribution in [0.1, 0.15) is 32.4 Å². The average Bonchev–Trinajstić information content (AvgIpc) is 2.73. The zero-order chi connectivity index (χ0) is 14.9. The predicted molar refractivity (Wildman–Crippen MR) is 72.8 cm³/mol. The minimum atomic E-state index is -0.807. The van der Waals surface area contributed by atoms with Crippen molar-refractivity contribution < 1.29 is 19.4 Å². The van der Waals surface area contributed by atoms with Gasteiger partial charge in [0, 0.05) is 0 Å². The van der Waals surface area contributed by atoms with E-state index in [0.29, 0.717) is 0 Å². The number of carbonyl (C=O) groups excluding carboxylic acids is 2. The lowest BCUT2D eigenvalue weighted by Gasteiger charge is -2.23. The van der Waals surface area contributed by atoms with Gasteiger partial charge in [-0.05, 0) is 19.4 Å². The maximum Gasteiger partial charge on any atom is 0.417 e. The lowest BCUT2D eigenvalue weighted by Crippen LogP contribution is -2.43. The molecule has 5 nitrogen and oxygen atoms in total. The number of hydrogen-bond donors (Lipinski definition) is 1. The monoisotopic (exact) mass is 277 g/mol. The van der Waals surface area contributed by atoms with Crippen molar-refractivity contribution in [2.75, 3.05) is 0 Å². The Morgan fingerprint density at radius 3 is 2.45 bits per heavy atom. The summed E-state index contributed by atoms with van der Waals surface area (Å²) < 4.78 is 5.31. The highest BCUT2D eigenvalue weighted by molar-refractivity contribution is 5.95. The van der Waals surface area contributed by atoms with Crippen LogP contribution in [-0.4, -0.2) is 34.2 Å². The average molecular weight is 277 g/mol. The molecule has 1 N–H and O–H groups in total. The topological polar surface area (TPSA) is 66.8 Å². The lowest BCUT2D eigenvalue weighted by atomic mass is 10.0. The third-order valence-corrected chi connectivity index (χ3v) is 3.75. The third kappa shape index (κ3) is 2.54. The van der Waals surface area contributed by atoms with Crippen LogP contribution in [-0.2, 0) is 9.53 Å². The van der Waals surface area contributed by atoms with Crippen molar-refractivity contribution in [3.63, 3.8) is 0 Å². The van der Waals surface area contributed by atoms with Crippen LogP contribution >= 0.6 is 0 Å². The molecule has 1 saturated heterocycles. The number of ether oxygens (including phenoxy) is 1. The molecule has 5 heteroatoms. The van der Waals surface area contributed by atoms with Crippen LogP contribution in [0.3, 0.4) is 0 Å². The number of nitrogens with zero attached hydrogens (tertiary/aromatic N) is 1. The van der Waals surface area contributed by atoms with Gasteiger partial charge in [0.05, 0.1) is 18.1 Å². The van der Waals surface area contributed by atoms with E-state index in [1.54, 1.807) is 13.8 Å². The zero-order valence-electron chi connectivity index (χ0n) is 11.8. The quantitative estimate of drug-likeness (QED) is 0.919. The normalized spacial score (nSPS) is 25.2. The minimum Gasteiger partial charge on any atom is -0.439 e. The molecule has 0 saturated carbocycles. The number of aliphatic hydroxyl groups is 1. The first-order valence-corrected chi connectivity index (χ1v) is 6.70. The number of cyclic esters (lactones) is 1. The summed E-state index contributed by atoms with van der Waals surface area (Å²) in [4.78, 5) is 25.3. The molecule has 1 aromatic carbocycles. The Morgan fingerprint density at radius 1 is 1.30 bits per heavy atom. The van der Waals surface area contributed by atoms with Crippen molar-refractivity contribution in [1.82, 2.24) is 4.90 Å². The Balaban J connectivity index is 2.21. The Kier molecular flexibility index (Phi) is 4.09. The van der Waals surface area contributed by atoms with Gasteiger partial charge >= 0.3 is 6.09 Å². The maximum absolute atomic E-state index is 12.2. The summed E-state index contributed by atoms with van der Waals surface area (Å²) in [5.74, 6) is -1.05. The van der Waals surface area contributed by atoms with Gasteiger partial charge in [-0.15, -0.1) is 0 Å². The largest absolute Gasteiger partial charge is 0.439 e. The van der Waals surface area contributed by atoms with Crippen LogP contribution in [0, 0.1) is 5.92 Å². The van der Waals surface area contributed by atoms with Gasteiger partial charge in [0.15, 0.2) is 0 Å². The standard InChI is InChI=1S/C15H19NO4/c1-9(11(3)17)14(18)16-10(2)13(20-15(16)19)12-7-5-4-6-8-12/h4-11,13,17H,1-3H3/t9-,10-,11+,13-/m0/s1. The zero-order valence-corrected chi connectivity index (χ0v) is 11.8. The number of imide groups is 1. The molecule has 1 aliphatic rings. The highest BCUT2D eigenvalue weighted by atomic mass is 16.6. The van der Waals surface area contributed by atoms with Gasteiger partial charge in [-0.3, -0.25) is 4.79 Å². The molecule has 2 amide bonds. The fraction of sp³-hybridized carbons (Fsp3) is 0.467. The summed E-state index contributed by atoms with van der Waals surface area (Å²) in [5.41, 5.74) is 0.855. The van der Waals surface area contributed by atoms with E-state index in [-0.39, 0.29) is 0 Å². The molecule has 0 unspecified atom stereocenters. The number of aliphatic hydroxyl groups excluding tert-OH is 1. The van der Waals surface area contributed by atoms with E-state index in [9.17, 15) is 14.7 Å². The molecule has 1 fully saturated rings. The maximum atomic E-state index is 12.2. The lowest BCUT2D eigenvalue weighted by molar-refractivity contribution is -0.135. The van der Waals surface area contributed by atoms with Gasteiger partial charge in [0.2, 0.25) is 5.91 Å². The SMILES string of the molecule is C[C@H](C(=O)N1C(=O)O[C@H](c2ccccc2)[C@@H]1C)[C@@H](C)O. The van der Waals surface area contributed by atoms with Crippen LogP contribution in [0.25, 0.3) is 0 Å². The summed E-state index contributed by atoms with van der Waals surface area (Å²) in [6, 6.07) is 8.93. The van der Waals surface area contributed by atoms with Crippen molar-refractivity contribution in [1.29, 1.82) is 0 Å². The molecular weight excluding hydrogens is 258 g/mol. The van der Waals surface area contributed by atoms with Crippen molar-refractivity contribution in [3.05, 3.63) is 35.9 Å². The van der Waals surface area contributed by atoms with Gasteiger partial charge in [0.1, 0.15) is 6.10 Å². The number of carbonyl (C=O) groups is 2. The first kappa shape index (κ1) is 14.5. The number of amides is 2. The summed E-state index contributed by atoms with van der Waals surface area (Å²) in [7, 11) is 0. The van der Waals surface area contributed by atoms with Crippen molar-refractivity contribution in [2.24, 2.45) is 5.92 Å². The second kappa shape index (κ2) is 5.63. The Hall–Kier alpha value is -1.88. The minimum absolute atomic E-state index is 0.390. The molecule has 108 valence electrons. The molecule has 1 heterocycles. The third-order valence-electron chi connectivity index (χ3n) is 3.75. The Morgan fingerprint density at radius 2 is 1.90 bits per heavy atom. The molecule has 1 aromatic rings. The van der Waals surface area contributed by atoms with Crippen molar-refractivity contribution >= 4 is 12.0 Å². The van der Waals surface area contributed by atoms with E-state index >= 15 is 0 Å². The van der Waals surface area contributed by atoms with Gasteiger partial charge in [-0.2, -0.15) is 0 Å². The fourth-order valence-corrected chi connectivity index (χ4v) is 2.27. The summed E-state index contributed by atoms with van der Waals surface area (Å²) in [6.07, 6.45) is -1.92. The first-order valence-electron chi connectivity index (χ1n) is 6.70. The van der Waals surface area contributed by atoms with Gasteiger partial charge in [-0.1, -0.05) is 37.3 Å². The van der Waals surface area contributed by atoms with E-state index in [0.717, 1.165) is 10.5 Å².